The minimum Gasteiger partial charge on any atom is -0.480 e. The van der Waals surface area contributed by atoms with E-state index in [4.69, 9.17) is 24.8 Å². The van der Waals surface area contributed by atoms with E-state index in [1.165, 1.54) is 51.4 Å². The molecule has 54 heavy (non-hydrogen) atoms. The standard InChI is InChI=1S/C41H72NO11P/c1-3-5-6-7-8-9-10-15-19-22-25-28-32-40(45)53-37(34-51-54(48,49)52-35-38(42)41(46)47)33-50-39(44)31-27-24-21-18-16-13-11-12-14-17-20-23-26-30-36(43)29-4-2/h11,13-14,17-18,21,23,26,36-38,43H,3-10,12,15-16,19-20,22,24-25,27-35,42H2,1-2H3,(H,46,47)(H,48,49)/b13-11-,17-14-,21-18-,26-23-/t36?,37-,38+/m1/s1. The number of ether oxygens (including phenoxy) is 2. The van der Waals surface area contributed by atoms with Crippen molar-refractivity contribution in [1.82, 2.24) is 0 Å². The van der Waals surface area contributed by atoms with Gasteiger partial charge in [-0.1, -0.05) is 140 Å². The molecule has 0 saturated heterocycles. The van der Waals surface area contributed by atoms with E-state index in [0.717, 1.165) is 51.4 Å². The lowest BCUT2D eigenvalue weighted by Gasteiger charge is -2.20. The van der Waals surface area contributed by atoms with Gasteiger partial charge in [0.1, 0.15) is 12.6 Å². The summed E-state index contributed by atoms with van der Waals surface area (Å²) in [4.78, 5) is 45.8. The number of allylic oxidation sites excluding steroid dienone is 7. The van der Waals surface area contributed by atoms with Gasteiger partial charge in [-0.05, 0) is 51.4 Å². The highest BCUT2D eigenvalue weighted by molar-refractivity contribution is 7.47. The summed E-state index contributed by atoms with van der Waals surface area (Å²) in [5.74, 6) is -2.48. The zero-order valence-electron chi connectivity index (χ0n) is 33.2. The Kier molecular flexibility index (Phi) is 34.3. The van der Waals surface area contributed by atoms with Crippen LogP contribution in [-0.2, 0) is 37.5 Å². The molecule has 0 fully saturated rings. The third-order valence-electron chi connectivity index (χ3n) is 8.39. The van der Waals surface area contributed by atoms with Crippen LogP contribution in [0.1, 0.15) is 155 Å². The number of carbonyl (C=O) groups is 3. The molecule has 12 nitrogen and oxygen atoms in total. The van der Waals surface area contributed by atoms with Crippen LogP contribution in [0.3, 0.4) is 0 Å². The lowest BCUT2D eigenvalue weighted by Crippen LogP contribution is -2.34. The molecule has 0 bridgehead atoms. The third-order valence-corrected chi connectivity index (χ3v) is 9.34. The van der Waals surface area contributed by atoms with Crippen LogP contribution < -0.4 is 5.73 Å². The number of carboxylic acid groups (broad SMARTS) is 1. The van der Waals surface area contributed by atoms with Gasteiger partial charge in [-0.3, -0.25) is 23.4 Å². The number of hydrogen-bond acceptors (Lipinski definition) is 10. The van der Waals surface area contributed by atoms with E-state index in [2.05, 4.69) is 48.8 Å². The van der Waals surface area contributed by atoms with Crippen molar-refractivity contribution in [2.75, 3.05) is 19.8 Å². The fourth-order valence-corrected chi connectivity index (χ4v) is 5.97. The third kappa shape index (κ3) is 35.1. The first-order valence-corrected chi connectivity index (χ1v) is 21.7. The van der Waals surface area contributed by atoms with Crippen molar-refractivity contribution in [3.05, 3.63) is 48.6 Å². The van der Waals surface area contributed by atoms with E-state index >= 15 is 0 Å². The van der Waals surface area contributed by atoms with E-state index in [0.29, 0.717) is 25.7 Å². The van der Waals surface area contributed by atoms with Crippen LogP contribution in [0.15, 0.2) is 48.6 Å². The summed E-state index contributed by atoms with van der Waals surface area (Å²) in [7, 11) is -4.73. The minimum absolute atomic E-state index is 0.131. The van der Waals surface area contributed by atoms with Crippen LogP contribution in [0, 0.1) is 0 Å². The molecule has 0 rings (SSSR count). The largest absolute Gasteiger partial charge is 0.480 e. The number of phosphoric ester groups is 1. The van der Waals surface area contributed by atoms with Gasteiger partial charge in [0.2, 0.25) is 0 Å². The molecule has 0 aromatic rings. The number of aliphatic carboxylic acids is 1. The summed E-state index contributed by atoms with van der Waals surface area (Å²) in [6.45, 7) is 2.52. The predicted octanol–water partition coefficient (Wildman–Crippen LogP) is 9.19. The Hall–Kier alpha value is -2.60. The average molecular weight is 786 g/mol. The Morgan fingerprint density at radius 3 is 1.70 bits per heavy atom. The zero-order chi connectivity index (χ0) is 40.1. The minimum atomic E-state index is -4.73. The highest BCUT2D eigenvalue weighted by Gasteiger charge is 2.28. The van der Waals surface area contributed by atoms with E-state index in [-0.39, 0.29) is 25.6 Å². The van der Waals surface area contributed by atoms with Crippen molar-refractivity contribution < 1.29 is 52.6 Å². The van der Waals surface area contributed by atoms with E-state index < -0.39 is 51.1 Å². The number of aliphatic hydroxyl groups excluding tert-OH is 1. The number of unbranched alkanes of at least 4 members (excludes halogenated alkanes) is 12. The Balaban J connectivity index is 4.51. The molecule has 0 aliphatic carbocycles. The molecule has 0 spiro atoms. The topological polar surface area (TPSA) is 192 Å². The lowest BCUT2D eigenvalue weighted by molar-refractivity contribution is -0.161. The molecule has 0 aromatic carbocycles. The Morgan fingerprint density at radius 1 is 0.648 bits per heavy atom. The normalized spacial score (nSPS) is 14.9. The maximum absolute atomic E-state index is 12.6. The predicted molar refractivity (Wildman–Crippen MR) is 214 cm³/mol. The second-order valence-electron chi connectivity index (χ2n) is 13.6. The van der Waals surface area contributed by atoms with Gasteiger partial charge in [0.05, 0.1) is 19.3 Å². The maximum atomic E-state index is 12.6. The quantitative estimate of drug-likeness (QED) is 0.0202. The summed E-state index contributed by atoms with van der Waals surface area (Å²) in [6.07, 6.45) is 35.3. The highest BCUT2D eigenvalue weighted by atomic mass is 31.2. The molecule has 312 valence electrons. The van der Waals surface area contributed by atoms with Gasteiger partial charge in [0, 0.05) is 12.8 Å². The Morgan fingerprint density at radius 2 is 1.15 bits per heavy atom. The first-order chi connectivity index (χ1) is 26.0. The van der Waals surface area contributed by atoms with E-state index in [1.807, 2.05) is 18.2 Å². The monoisotopic (exact) mass is 785 g/mol. The van der Waals surface area contributed by atoms with Gasteiger partial charge in [-0.15, -0.1) is 0 Å². The molecular formula is C41H72NO11P. The molecule has 2 unspecified atom stereocenters. The summed E-state index contributed by atoms with van der Waals surface area (Å²) in [5.41, 5.74) is 5.31. The van der Waals surface area contributed by atoms with Crippen molar-refractivity contribution in [1.29, 1.82) is 0 Å². The van der Waals surface area contributed by atoms with Crippen molar-refractivity contribution in [2.24, 2.45) is 5.73 Å². The van der Waals surface area contributed by atoms with Gasteiger partial charge >= 0.3 is 25.7 Å². The number of carboxylic acids is 1. The van der Waals surface area contributed by atoms with Gasteiger partial charge in [0.25, 0.3) is 0 Å². The summed E-state index contributed by atoms with van der Waals surface area (Å²) < 4.78 is 32.5. The van der Waals surface area contributed by atoms with Crippen molar-refractivity contribution in [2.45, 2.75) is 173 Å². The molecule has 4 atom stereocenters. The van der Waals surface area contributed by atoms with Crippen LogP contribution in [0.4, 0.5) is 0 Å². The van der Waals surface area contributed by atoms with Crippen molar-refractivity contribution >= 4 is 25.7 Å². The number of esters is 2. The number of phosphoric acid groups is 1. The molecule has 5 N–H and O–H groups in total. The average Bonchev–Trinajstić information content (AvgIpc) is 3.13. The fraction of sp³-hybridized carbons (Fsp3) is 0.732. The van der Waals surface area contributed by atoms with E-state index in [9.17, 15) is 28.9 Å². The van der Waals surface area contributed by atoms with Crippen LogP contribution >= 0.6 is 7.82 Å². The first kappa shape index (κ1) is 51.4. The fourth-order valence-electron chi connectivity index (χ4n) is 5.19. The van der Waals surface area contributed by atoms with E-state index in [1.54, 1.807) is 0 Å². The van der Waals surface area contributed by atoms with Gasteiger partial charge < -0.3 is 30.3 Å². The SMILES string of the molecule is CCCCCCCCCCCCCCC(=O)O[C@H](COC(=O)CCC/C=C\C/C=C\C/C=C\C/C=C\CC(O)CCC)COP(=O)(O)OC[C@H](N)C(=O)O. The molecule has 0 aromatic heterocycles. The highest BCUT2D eigenvalue weighted by Crippen LogP contribution is 2.43. The summed E-state index contributed by atoms with van der Waals surface area (Å²) in [6, 6.07) is -1.53. The van der Waals surface area contributed by atoms with Crippen molar-refractivity contribution in [3.63, 3.8) is 0 Å². The number of carbonyl (C=O) groups excluding carboxylic acids is 2. The van der Waals surface area contributed by atoms with Crippen LogP contribution in [0.25, 0.3) is 0 Å². The van der Waals surface area contributed by atoms with Crippen molar-refractivity contribution in [3.8, 4) is 0 Å². The molecule has 0 aliphatic heterocycles. The van der Waals surface area contributed by atoms with Crippen LogP contribution in [0.2, 0.25) is 0 Å². The lowest BCUT2D eigenvalue weighted by atomic mass is 10.0. The number of hydrogen-bond donors (Lipinski definition) is 4. The molecule has 0 saturated carbocycles. The summed E-state index contributed by atoms with van der Waals surface area (Å²) in [5, 5.41) is 18.6. The first-order valence-electron chi connectivity index (χ1n) is 20.2. The molecule has 0 radical (unpaired) electrons. The number of rotatable bonds is 37. The molecule has 0 aliphatic rings. The molecule has 0 heterocycles. The Labute approximate surface area is 325 Å². The number of nitrogens with two attached hydrogens (primary N) is 1. The summed E-state index contributed by atoms with van der Waals surface area (Å²) >= 11 is 0. The van der Waals surface area contributed by atoms with Gasteiger partial charge in [-0.2, -0.15) is 0 Å². The molecule has 0 amide bonds. The van der Waals surface area contributed by atoms with Gasteiger partial charge in [-0.25, -0.2) is 4.57 Å². The molecule has 13 heteroatoms. The Bertz CT molecular complexity index is 1120. The zero-order valence-corrected chi connectivity index (χ0v) is 34.1. The maximum Gasteiger partial charge on any atom is 0.472 e. The smallest absolute Gasteiger partial charge is 0.472 e. The van der Waals surface area contributed by atoms with Gasteiger partial charge in [0.15, 0.2) is 6.10 Å². The van der Waals surface area contributed by atoms with Crippen LogP contribution in [0.5, 0.6) is 0 Å². The second kappa shape index (κ2) is 36.1. The molecular weight excluding hydrogens is 713 g/mol. The second-order valence-corrected chi connectivity index (χ2v) is 15.1. The number of aliphatic hydroxyl groups is 1. The van der Waals surface area contributed by atoms with Crippen LogP contribution in [-0.4, -0.2) is 71.1 Å².